The van der Waals surface area contributed by atoms with Crippen LogP contribution in [0.2, 0.25) is 5.02 Å². The van der Waals surface area contributed by atoms with Gasteiger partial charge in [0.1, 0.15) is 11.9 Å². The van der Waals surface area contributed by atoms with Crippen LogP contribution in [0.4, 0.5) is 11.5 Å². The van der Waals surface area contributed by atoms with E-state index >= 15 is 0 Å². The van der Waals surface area contributed by atoms with E-state index in [0.717, 1.165) is 4.47 Å². The van der Waals surface area contributed by atoms with Crippen molar-refractivity contribution in [3.8, 4) is 6.07 Å². The van der Waals surface area contributed by atoms with Crippen molar-refractivity contribution >= 4 is 45.0 Å². The van der Waals surface area contributed by atoms with Crippen molar-refractivity contribution in [3.05, 3.63) is 51.1 Å². The Kier molecular flexibility index (Phi) is 4.23. The summed E-state index contributed by atoms with van der Waals surface area (Å²) in [4.78, 5) is 14.7. The molecule has 7 heteroatoms. The van der Waals surface area contributed by atoms with E-state index < -0.39 is 5.97 Å². The summed E-state index contributed by atoms with van der Waals surface area (Å²) in [6.07, 6.45) is 1.20. The van der Waals surface area contributed by atoms with Crippen molar-refractivity contribution in [1.82, 2.24) is 4.98 Å². The Morgan fingerprint density at radius 1 is 1.45 bits per heavy atom. The monoisotopic (exact) mass is 351 g/mol. The Bertz CT molecular complexity index is 728. The highest BCUT2D eigenvalue weighted by atomic mass is 79.9. The van der Waals surface area contributed by atoms with Crippen LogP contribution in [0.25, 0.3) is 0 Å². The standard InChI is InChI=1S/C13H7BrClN3O2/c14-9-1-2-11(7(3-9)5-16)18-12-10(15)4-8(6-17-12)13(19)20/h1-4,6H,(H,17,18)(H,19,20). The maximum Gasteiger partial charge on any atom is 0.337 e. The lowest BCUT2D eigenvalue weighted by Crippen LogP contribution is -2.01. The fourth-order valence-corrected chi connectivity index (χ4v) is 2.07. The van der Waals surface area contributed by atoms with E-state index in [0.29, 0.717) is 11.3 Å². The van der Waals surface area contributed by atoms with Crippen LogP contribution in [0.15, 0.2) is 34.9 Å². The summed E-state index contributed by atoms with van der Waals surface area (Å²) in [6.45, 7) is 0. The van der Waals surface area contributed by atoms with Gasteiger partial charge >= 0.3 is 5.97 Å². The van der Waals surface area contributed by atoms with Gasteiger partial charge in [-0.05, 0) is 24.3 Å². The zero-order valence-corrected chi connectivity index (χ0v) is 12.2. The molecule has 0 saturated heterocycles. The van der Waals surface area contributed by atoms with E-state index in [1.54, 1.807) is 18.2 Å². The first-order valence-corrected chi connectivity index (χ1v) is 6.54. The lowest BCUT2D eigenvalue weighted by molar-refractivity contribution is 0.0696. The summed E-state index contributed by atoms with van der Waals surface area (Å²) >= 11 is 9.25. The second-order valence-electron chi connectivity index (χ2n) is 3.79. The average Bonchev–Trinajstić information content (AvgIpc) is 2.42. The lowest BCUT2D eigenvalue weighted by atomic mass is 10.2. The third kappa shape index (κ3) is 3.07. The normalized spacial score (nSPS) is 9.85. The van der Waals surface area contributed by atoms with Crippen LogP contribution in [0.3, 0.4) is 0 Å². The van der Waals surface area contributed by atoms with Crippen molar-refractivity contribution in [2.75, 3.05) is 5.32 Å². The molecule has 0 fully saturated rings. The Balaban J connectivity index is 2.36. The number of halogens is 2. The number of nitrogens with zero attached hydrogens (tertiary/aromatic N) is 2. The molecule has 2 aromatic rings. The van der Waals surface area contributed by atoms with Crippen LogP contribution in [0.5, 0.6) is 0 Å². The van der Waals surface area contributed by atoms with Gasteiger partial charge in [0.2, 0.25) is 0 Å². The van der Waals surface area contributed by atoms with Crippen molar-refractivity contribution in [2.45, 2.75) is 0 Å². The van der Waals surface area contributed by atoms with Crippen molar-refractivity contribution in [2.24, 2.45) is 0 Å². The minimum atomic E-state index is -1.10. The molecule has 1 heterocycles. The minimum absolute atomic E-state index is 0.00290. The topological polar surface area (TPSA) is 86.0 Å². The summed E-state index contributed by atoms with van der Waals surface area (Å²) in [7, 11) is 0. The zero-order chi connectivity index (χ0) is 14.7. The van der Waals surface area contributed by atoms with E-state index in [9.17, 15) is 4.79 Å². The highest BCUT2D eigenvalue weighted by Gasteiger charge is 2.10. The third-order valence-electron chi connectivity index (χ3n) is 2.44. The van der Waals surface area contributed by atoms with Gasteiger partial charge in [-0.1, -0.05) is 27.5 Å². The summed E-state index contributed by atoms with van der Waals surface area (Å²) in [5.74, 6) is -0.817. The zero-order valence-electron chi connectivity index (χ0n) is 9.89. The van der Waals surface area contributed by atoms with Crippen LogP contribution in [0, 0.1) is 11.3 Å². The number of nitriles is 1. The van der Waals surface area contributed by atoms with Gasteiger partial charge in [0.25, 0.3) is 0 Å². The molecule has 0 amide bonds. The predicted molar refractivity (Wildman–Crippen MR) is 78.3 cm³/mol. The number of benzene rings is 1. The number of aromatic nitrogens is 1. The molecule has 0 saturated carbocycles. The van der Waals surface area contributed by atoms with Gasteiger partial charge < -0.3 is 10.4 Å². The van der Waals surface area contributed by atoms with Crippen molar-refractivity contribution in [3.63, 3.8) is 0 Å². The molecule has 0 unspecified atom stereocenters. The van der Waals surface area contributed by atoms with Crippen LogP contribution in [-0.4, -0.2) is 16.1 Å². The van der Waals surface area contributed by atoms with Crippen molar-refractivity contribution in [1.29, 1.82) is 5.26 Å². The van der Waals surface area contributed by atoms with Gasteiger partial charge in [-0.3, -0.25) is 0 Å². The summed E-state index contributed by atoms with van der Waals surface area (Å²) in [6, 6.07) is 8.47. The number of pyridine rings is 1. The molecule has 2 rings (SSSR count). The van der Waals surface area contributed by atoms with Crippen LogP contribution in [0.1, 0.15) is 15.9 Å². The molecule has 0 spiro atoms. The Morgan fingerprint density at radius 3 is 2.80 bits per heavy atom. The Hall–Kier alpha value is -2.10. The number of aromatic carboxylic acids is 1. The molecule has 1 aromatic heterocycles. The fourth-order valence-electron chi connectivity index (χ4n) is 1.49. The molecule has 1 aromatic carbocycles. The maximum atomic E-state index is 10.8. The number of carboxylic acids is 1. The van der Waals surface area contributed by atoms with Gasteiger partial charge in [0.05, 0.1) is 21.8 Å². The summed E-state index contributed by atoms with van der Waals surface area (Å²) < 4.78 is 0.778. The van der Waals surface area contributed by atoms with E-state index in [1.807, 2.05) is 6.07 Å². The van der Waals surface area contributed by atoms with Gasteiger partial charge in [-0.2, -0.15) is 5.26 Å². The van der Waals surface area contributed by atoms with Gasteiger partial charge in [0, 0.05) is 10.7 Å². The highest BCUT2D eigenvalue weighted by molar-refractivity contribution is 9.10. The Labute approximate surface area is 128 Å². The van der Waals surface area contributed by atoms with Gasteiger partial charge in [0.15, 0.2) is 0 Å². The number of carbonyl (C=O) groups is 1. The molecule has 5 nitrogen and oxygen atoms in total. The largest absolute Gasteiger partial charge is 0.478 e. The number of anilines is 2. The first-order valence-electron chi connectivity index (χ1n) is 5.37. The quantitative estimate of drug-likeness (QED) is 0.877. The minimum Gasteiger partial charge on any atom is -0.478 e. The second-order valence-corrected chi connectivity index (χ2v) is 5.11. The number of hydrogen-bond acceptors (Lipinski definition) is 4. The van der Waals surface area contributed by atoms with Gasteiger partial charge in [-0.15, -0.1) is 0 Å². The van der Waals surface area contributed by atoms with Crippen LogP contribution >= 0.6 is 27.5 Å². The van der Waals surface area contributed by atoms with Gasteiger partial charge in [-0.25, -0.2) is 9.78 Å². The second kappa shape index (κ2) is 5.90. The highest BCUT2D eigenvalue weighted by Crippen LogP contribution is 2.27. The molecule has 0 aliphatic rings. The molecular weight excluding hydrogens is 346 g/mol. The molecule has 0 bridgehead atoms. The molecule has 0 aliphatic heterocycles. The van der Waals surface area contributed by atoms with Crippen molar-refractivity contribution < 1.29 is 9.90 Å². The Morgan fingerprint density at radius 2 is 2.20 bits per heavy atom. The molecule has 0 radical (unpaired) electrons. The van der Waals surface area contributed by atoms with E-state index in [1.165, 1.54) is 12.3 Å². The lowest BCUT2D eigenvalue weighted by Gasteiger charge is -2.09. The van der Waals surface area contributed by atoms with E-state index in [4.69, 9.17) is 22.0 Å². The fraction of sp³-hybridized carbons (Fsp3) is 0. The molecule has 100 valence electrons. The molecular formula is C13H7BrClN3O2. The number of hydrogen-bond donors (Lipinski definition) is 2. The number of nitrogens with one attached hydrogen (secondary N) is 1. The van der Waals surface area contributed by atoms with E-state index in [2.05, 4.69) is 26.2 Å². The smallest absolute Gasteiger partial charge is 0.337 e. The summed E-state index contributed by atoms with van der Waals surface area (Å²) in [5, 5.41) is 21.0. The maximum absolute atomic E-state index is 10.8. The average molecular weight is 353 g/mol. The molecule has 2 N–H and O–H groups in total. The SMILES string of the molecule is N#Cc1cc(Br)ccc1Nc1ncc(C(=O)O)cc1Cl. The van der Waals surface area contributed by atoms with Crippen LogP contribution in [-0.2, 0) is 0 Å². The van der Waals surface area contributed by atoms with E-state index in [-0.39, 0.29) is 16.4 Å². The number of carboxylic acid groups (broad SMARTS) is 1. The molecule has 20 heavy (non-hydrogen) atoms. The first kappa shape index (κ1) is 14.3. The predicted octanol–water partition coefficient (Wildman–Crippen LogP) is 3.81. The first-order chi connectivity index (χ1) is 9.51. The number of rotatable bonds is 3. The molecule has 0 atom stereocenters. The third-order valence-corrected chi connectivity index (χ3v) is 3.22. The summed E-state index contributed by atoms with van der Waals surface area (Å²) in [5.41, 5.74) is 0.949. The molecule has 0 aliphatic carbocycles. The van der Waals surface area contributed by atoms with Crippen LogP contribution < -0.4 is 5.32 Å².